The maximum Gasteiger partial charge on any atom is 0.235 e. The monoisotopic (exact) mass is 340 g/mol. The van der Waals surface area contributed by atoms with Crippen LogP contribution in [0.4, 0.5) is 11.8 Å². The lowest BCUT2D eigenvalue weighted by Crippen LogP contribution is -2.15. The number of aromatic nitrogens is 4. The van der Waals surface area contributed by atoms with Crippen LogP contribution in [0.3, 0.4) is 0 Å². The van der Waals surface area contributed by atoms with Crippen molar-refractivity contribution in [3.63, 3.8) is 0 Å². The van der Waals surface area contributed by atoms with Crippen LogP contribution in [0.2, 0.25) is 0 Å². The van der Waals surface area contributed by atoms with Crippen molar-refractivity contribution >= 4 is 22.7 Å². The summed E-state index contributed by atoms with van der Waals surface area (Å²) < 4.78 is 11.2. The molecule has 1 aliphatic heterocycles. The molecule has 2 aromatic heterocycles. The van der Waals surface area contributed by atoms with Gasteiger partial charge in [-0.05, 0) is 25.0 Å². The van der Waals surface area contributed by atoms with E-state index in [1.54, 1.807) is 0 Å². The molecule has 25 heavy (non-hydrogen) atoms. The molecule has 0 spiro atoms. The van der Waals surface area contributed by atoms with Crippen LogP contribution < -0.4 is 10.6 Å². The molecular formula is C17H20N6O2. The minimum absolute atomic E-state index is 0.197. The van der Waals surface area contributed by atoms with Crippen LogP contribution in [0.5, 0.6) is 0 Å². The molecule has 0 saturated carbocycles. The van der Waals surface area contributed by atoms with Crippen LogP contribution in [0.25, 0.3) is 10.9 Å². The van der Waals surface area contributed by atoms with Gasteiger partial charge in [0.2, 0.25) is 17.7 Å². The van der Waals surface area contributed by atoms with Gasteiger partial charge in [-0.3, -0.25) is 0 Å². The highest BCUT2D eigenvalue weighted by Crippen LogP contribution is 2.25. The summed E-state index contributed by atoms with van der Waals surface area (Å²) in [6.07, 6.45) is 2.05. The summed E-state index contributed by atoms with van der Waals surface area (Å²) in [5.41, 5.74) is 0.870. The quantitative estimate of drug-likeness (QED) is 0.731. The number of hydrogen-bond donors (Lipinski definition) is 2. The first-order valence-electron chi connectivity index (χ1n) is 8.42. The molecule has 0 amide bonds. The third-order valence-electron chi connectivity index (χ3n) is 4.23. The van der Waals surface area contributed by atoms with Crippen molar-refractivity contribution in [1.82, 2.24) is 20.2 Å². The van der Waals surface area contributed by atoms with E-state index >= 15 is 0 Å². The molecule has 0 radical (unpaired) electrons. The summed E-state index contributed by atoms with van der Waals surface area (Å²) in [5.74, 6) is 2.65. The van der Waals surface area contributed by atoms with Gasteiger partial charge in [-0.1, -0.05) is 12.1 Å². The fourth-order valence-electron chi connectivity index (χ4n) is 2.94. The van der Waals surface area contributed by atoms with Crippen LogP contribution >= 0.6 is 0 Å². The van der Waals surface area contributed by atoms with Gasteiger partial charge in [0.15, 0.2) is 0 Å². The van der Waals surface area contributed by atoms with E-state index in [4.69, 9.17) is 9.15 Å². The van der Waals surface area contributed by atoms with E-state index in [0.29, 0.717) is 30.9 Å². The van der Waals surface area contributed by atoms with Crippen molar-refractivity contribution in [2.75, 3.05) is 30.9 Å². The number of nitrogens with one attached hydrogen (secondary N) is 2. The Morgan fingerprint density at radius 3 is 2.96 bits per heavy atom. The van der Waals surface area contributed by atoms with Crippen LogP contribution in [-0.4, -0.2) is 40.4 Å². The third-order valence-corrected chi connectivity index (χ3v) is 4.23. The van der Waals surface area contributed by atoms with Gasteiger partial charge in [0.1, 0.15) is 5.82 Å². The normalized spacial score (nSPS) is 17.6. The third kappa shape index (κ3) is 3.39. The van der Waals surface area contributed by atoms with E-state index in [1.165, 1.54) is 0 Å². The Hall–Kier alpha value is -2.74. The molecule has 3 heterocycles. The summed E-state index contributed by atoms with van der Waals surface area (Å²) in [7, 11) is 1.84. The van der Waals surface area contributed by atoms with E-state index in [-0.39, 0.29) is 5.92 Å². The Morgan fingerprint density at radius 1 is 1.20 bits per heavy atom. The van der Waals surface area contributed by atoms with Gasteiger partial charge in [0.05, 0.1) is 24.6 Å². The second kappa shape index (κ2) is 7.02. The first kappa shape index (κ1) is 15.8. The van der Waals surface area contributed by atoms with Crippen LogP contribution in [0, 0.1) is 0 Å². The van der Waals surface area contributed by atoms with Crippen molar-refractivity contribution in [2.24, 2.45) is 0 Å². The average molecular weight is 340 g/mol. The highest BCUT2D eigenvalue weighted by Gasteiger charge is 2.21. The summed E-state index contributed by atoms with van der Waals surface area (Å²) in [4.78, 5) is 9.01. The predicted octanol–water partition coefficient (Wildman–Crippen LogP) is 2.56. The highest BCUT2D eigenvalue weighted by atomic mass is 16.5. The molecule has 0 bridgehead atoms. The summed E-state index contributed by atoms with van der Waals surface area (Å²) >= 11 is 0. The molecular weight excluding hydrogens is 320 g/mol. The van der Waals surface area contributed by atoms with Crippen LogP contribution in [0.1, 0.15) is 30.5 Å². The van der Waals surface area contributed by atoms with Gasteiger partial charge >= 0.3 is 0 Å². The van der Waals surface area contributed by atoms with E-state index in [0.717, 1.165) is 36.2 Å². The van der Waals surface area contributed by atoms with E-state index in [1.807, 2.05) is 31.3 Å². The molecule has 1 atom stereocenters. The van der Waals surface area contributed by atoms with Gasteiger partial charge in [-0.25, -0.2) is 4.98 Å². The SMILES string of the molecule is CNc1nc(NCc2nnc(C3CCCOC3)o2)nc2ccccc12. The van der Waals surface area contributed by atoms with Crippen molar-refractivity contribution in [3.05, 3.63) is 36.0 Å². The smallest absolute Gasteiger partial charge is 0.235 e. The minimum Gasteiger partial charge on any atom is -0.423 e. The first-order valence-corrected chi connectivity index (χ1v) is 8.42. The number of rotatable bonds is 5. The molecule has 1 unspecified atom stereocenters. The molecule has 4 rings (SSSR count). The Bertz CT molecular complexity index is 859. The molecule has 130 valence electrons. The molecule has 1 aliphatic rings. The molecule has 1 aromatic carbocycles. The van der Waals surface area contributed by atoms with Crippen LogP contribution in [0.15, 0.2) is 28.7 Å². The number of hydrogen-bond acceptors (Lipinski definition) is 8. The minimum atomic E-state index is 0.197. The maximum atomic E-state index is 5.75. The summed E-state index contributed by atoms with van der Waals surface area (Å²) in [6.45, 7) is 1.84. The van der Waals surface area contributed by atoms with E-state index in [2.05, 4.69) is 30.8 Å². The molecule has 1 saturated heterocycles. The van der Waals surface area contributed by atoms with Crippen LogP contribution in [-0.2, 0) is 11.3 Å². The first-order chi connectivity index (χ1) is 12.3. The zero-order chi connectivity index (χ0) is 17.1. The molecule has 0 aliphatic carbocycles. The fourth-order valence-corrected chi connectivity index (χ4v) is 2.94. The second-order valence-electron chi connectivity index (χ2n) is 5.96. The number of benzene rings is 1. The average Bonchev–Trinajstić information content (AvgIpc) is 3.15. The lowest BCUT2D eigenvalue weighted by Gasteiger charge is -2.18. The number of ether oxygens (including phenoxy) is 1. The zero-order valence-electron chi connectivity index (χ0n) is 14.0. The second-order valence-corrected chi connectivity index (χ2v) is 5.96. The topological polar surface area (TPSA) is 98.0 Å². The van der Waals surface area contributed by atoms with Gasteiger partial charge in [0.25, 0.3) is 0 Å². The molecule has 8 heteroatoms. The standard InChI is InChI=1S/C17H20N6O2/c1-18-15-12-6-2-3-7-13(12)20-17(21-15)19-9-14-22-23-16(25-14)11-5-4-8-24-10-11/h2-3,6-7,11H,4-5,8-10H2,1H3,(H2,18,19,20,21). The molecule has 8 nitrogen and oxygen atoms in total. The Labute approximate surface area is 145 Å². The zero-order valence-corrected chi connectivity index (χ0v) is 14.0. The Kier molecular flexibility index (Phi) is 4.43. The maximum absolute atomic E-state index is 5.75. The van der Waals surface area contributed by atoms with Crippen molar-refractivity contribution in [1.29, 1.82) is 0 Å². The molecule has 3 aromatic rings. The predicted molar refractivity (Wildman–Crippen MR) is 93.5 cm³/mol. The largest absolute Gasteiger partial charge is 0.423 e. The van der Waals surface area contributed by atoms with Gasteiger partial charge in [0, 0.05) is 19.0 Å². The van der Waals surface area contributed by atoms with Crippen molar-refractivity contribution < 1.29 is 9.15 Å². The van der Waals surface area contributed by atoms with Gasteiger partial charge in [-0.15, -0.1) is 10.2 Å². The Balaban J connectivity index is 1.48. The van der Waals surface area contributed by atoms with Crippen molar-refractivity contribution in [3.8, 4) is 0 Å². The Morgan fingerprint density at radius 2 is 2.12 bits per heavy atom. The molecule has 2 N–H and O–H groups in total. The number of fused-ring (bicyclic) bond motifs is 1. The van der Waals surface area contributed by atoms with E-state index < -0.39 is 0 Å². The number of anilines is 2. The van der Waals surface area contributed by atoms with Gasteiger partial charge < -0.3 is 19.8 Å². The highest BCUT2D eigenvalue weighted by molar-refractivity contribution is 5.89. The van der Waals surface area contributed by atoms with E-state index in [9.17, 15) is 0 Å². The van der Waals surface area contributed by atoms with Crippen molar-refractivity contribution in [2.45, 2.75) is 25.3 Å². The summed E-state index contributed by atoms with van der Waals surface area (Å²) in [6, 6.07) is 7.86. The fraction of sp³-hybridized carbons (Fsp3) is 0.412. The summed E-state index contributed by atoms with van der Waals surface area (Å²) in [5, 5.41) is 15.5. The lowest BCUT2D eigenvalue weighted by atomic mass is 10.0. The van der Waals surface area contributed by atoms with Gasteiger partial charge in [-0.2, -0.15) is 4.98 Å². The number of nitrogens with zero attached hydrogens (tertiary/aromatic N) is 4. The number of para-hydroxylation sites is 1. The molecule has 1 fully saturated rings. The lowest BCUT2D eigenvalue weighted by molar-refractivity contribution is 0.0722.